The molecule has 0 radical (unpaired) electrons. The van der Waals surface area contributed by atoms with Gasteiger partial charge < -0.3 is 15.8 Å². The number of aromatic nitrogens is 2. The number of alkyl halides is 3. The first kappa shape index (κ1) is 21.9. The Morgan fingerprint density at radius 2 is 2.07 bits per heavy atom. The van der Waals surface area contributed by atoms with Gasteiger partial charge in [0, 0.05) is 35.8 Å². The van der Waals surface area contributed by atoms with Gasteiger partial charge in [0.05, 0.1) is 19.3 Å². The topological polar surface area (TPSA) is 102 Å². The molecular formula is C18H19ClF3N5O3. The van der Waals surface area contributed by atoms with E-state index in [4.69, 9.17) is 22.1 Å². The number of carbonyl (C=O) groups is 2. The minimum atomic E-state index is -4.70. The van der Waals surface area contributed by atoms with Crippen LogP contribution in [0.2, 0.25) is 5.02 Å². The maximum Gasteiger partial charge on any atom is 0.435 e. The van der Waals surface area contributed by atoms with Crippen LogP contribution in [0, 0.1) is 0 Å². The third-order valence-electron chi connectivity index (χ3n) is 4.59. The van der Waals surface area contributed by atoms with Crippen molar-refractivity contribution in [3.05, 3.63) is 40.2 Å². The van der Waals surface area contributed by atoms with Crippen molar-refractivity contribution in [3.8, 4) is 5.75 Å². The van der Waals surface area contributed by atoms with E-state index in [2.05, 4.69) is 10.4 Å². The van der Waals surface area contributed by atoms with E-state index >= 15 is 0 Å². The van der Waals surface area contributed by atoms with Crippen LogP contribution in [0.3, 0.4) is 0 Å². The molecule has 3 rings (SSSR count). The Balaban J connectivity index is 1.85. The average molecular weight is 446 g/mol. The SMILES string of the molecule is COc1ccc(Cl)cc1NC(=O)Cn1nc(C(F)(F)F)c2c1CCN(CC(N)=O)C2. The summed E-state index contributed by atoms with van der Waals surface area (Å²) < 4.78 is 46.7. The van der Waals surface area contributed by atoms with Gasteiger partial charge in [-0.25, -0.2) is 0 Å². The summed E-state index contributed by atoms with van der Waals surface area (Å²) in [6, 6.07) is 4.61. The summed E-state index contributed by atoms with van der Waals surface area (Å²) in [5.74, 6) is -0.864. The predicted molar refractivity (Wildman–Crippen MR) is 102 cm³/mol. The fourth-order valence-corrected chi connectivity index (χ4v) is 3.54. The van der Waals surface area contributed by atoms with Crippen LogP contribution in [0.15, 0.2) is 18.2 Å². The molecule has 8 nitrogen and oxygen atoms in total. The van der Waals surface area contributed by atoms with Crippen LogP contribution in [0.5, 0.6) is 5.75 Å². The Bertz CT molecular complexity index is 977. The van der Waals surface area contributed by atoms with Crippen molar-refractivity contribution in [2.45, 2.75) is 25.7 Å². The number of nitrogens with one attached hydrogen (secondary N) is 1. The van der Waals surface area contributed by atoms with Crippen LogP contribution in [-0.2, 0) is 35.3 Å². The molecule has 0 spiro atoms. The highest BCUT2D eigenvalue weighted by atomic mass is 35.5. The molecule has 1 aliphatic heterocycles. The number of rotatable bonds is 6. The summed E-state index contributed by atoms with van der Waals surface area (Å²) in [6.45, 7) is -0.389. The van der Waals surface area contributed by atoms with Gasteiger partial charge in [-0.05, 0) is 18.2 Å². The van der Waals surface area contributed by atoms with Gasteiger partial charge in [0.1, 0.15) is 12.3 Å². The Morgan fingerprint density at radius 1 is 1.33 bits per heavy atom. The number of hydrogen-bond donors (Lipinski definition) is 2. The predicted octanol–water partition coefficient (Wildman–Crippen LogP) is 2.05. The highest BCUT2D eigenvalue weighted by Crippen LogP contribution is 2.35. The highest BCUT2D eigenvalue weighted by Gasteiger charge is 2.40. The number of methoxy groups -OCH3 is 1. The van der Waals surface area contributed by atoms with Crippen molar-refractivity contribution < 1.29 is 27.5 Å². The highest BCUT2D eigenvalue weighted by molar-refractivity contribution is 6.31. The van der Waals surface area contributed by atoms with Gasteiger partial charge in [-0.3, -0.25) is 19.2 Å². The van der Waals surface area contributed by atoms with Crippen LogP contribution >= 0.6 is 11.6 Å². The van der Waals surface area contributed by atoms with E-state index in [1.54, 1.807) is 12.1 Å². The van der Waals surface area contributed by atoms with Crippen molar-refractivity contribution in [2.75, 3.05) is 25.5 Å². The molecular weight excluding hydrogens is 427 g/mol. The number of benzene rings is 1. The summed E-state index contributed by atoms with van der Waals surface area (Å²) >= 11 is 5.93. The molecule has 1 aliphatic rings. The van der Waals surface area contributed by atoms with Crippen molar-refractivity contribution in [1.82, 2.24) is 14.7 Å². The maximum absolute atomic E-state index is 13.5. The molecule has 2 aromatic rings. The number of ether oxygens (including phenoxy) is 1. The summed E-state index contributed by atoms with van der Waals surface area (Å²) in [4.78, 5) is 25.1. The van der Waals surface area contributed by atoms with Gasteiger partial charge in [-0.2, -0.15) is 18.3 Å². The number of halogens is 4. The third-order valence-corrected chi connectivity index (χ3v) is 4.83. The number of primary amides is 1. The third kappa shape index (κ3) is 4.85. The van der Waals surface area contributed by atoms with Crippen LogP contribution in [-0.4, -0.2) is 46.7 Å². The molecule has 1 aromatic heterocycles. The molecule has 0 atom stereocenters. The average Bonchev–Trinajstić information content (AvgIpc) is 2.99. The Labute approximate surface area is 174 Å². The number of anilines is 1. The first-order valence-corrected chi connectivity index (χ1v) is 9.26. The van der Waals surface area contributed by atoms with Gasteiger partial charge in [0.25, 0.3) is 0 Å². The fourth-order valence-electron chi connectivity index (χ4n) is 3.36. The molecule has 0 bridgehead atoms. The van der Waals surface area contributed by atoms with E-state index in [9.17, 15) is 22.8 Å². The number of nitrogens with two attached hydrogens (primary N) is 1. The van der Waals surface area contributed by atoms with Gasteiger partial charge in [-0.15, -0.1) is 0 Å². The molecule has 0 unspecified atom stereocenters. The molecule has 2 amide bonds. The monoisotopic (exact) mass is 445 g/mol. The van der Waals surface area contributed by atoms with Gasteiger partial charge in [0.15, 0.2) is 5.69 Å². The van der Waals surface area contributed by atoms with E-state index < -0.39 is 30.2 Å². The van der Waals surface area contributed by atoms with Crippen molar-refractivity contribution >= 4 is 29.1 Å². The lowest BCUT2D eigenvalue weighted by molar-refractivity contribution is -0.142. The molecule has 162 valence electrons. The smallest absolute Gasteiger partial charge is 0.435 e. The Kier molecular flexibility index (Phi) is 6.22. The summed E-state index contributed by atoms with van der Waals surface area (Å²) in [7, 11) is 1.41. The second-order valence-corrected chi connectivity index (χ2v) is 7.19. The zero-order valence-electron chi connectivity index (χ0n) is 15.9. The normalized spacial score (nSPS) is 14.3. The number of fused-ring (bicyclic) bond motifs is 1. The minimum Gasteiger partial charge on any atom is -0.495 e. The molecule has 0 saturated carbocycles. The van der Waals surface area contributed by atoms with Crippen LogP contribution in [0.1, 0.15) is 17.0 Å². The molecule has 30 heavy (non-hydrogen) atoms. The quantitative estimate of drug-likeness (QED) is 0.708. The summed E-state index contributed by atoms with van der Waals surface area (Å²) in [5, 5.41) is 6.59. The second-order valence-electron chi connectivity index (χ2n) is 6.75. The largest absolute Gasteiger partial charge is 0.495 e. The van der Waals surface area contributed by atoms with Crippen LogP contribution in [0.4, 0.5) is 18.9 Å². The summed E-state index contributed by atoms with van der Waals surface area (Å²) in [5.41, 5.74) is 4.62. The van der Waals surface area contributed by atoms with E-state index in [0.717, 1.165) is 4.68 Å². The van der Waals surface area contributed by atoms with Crippen molar-refractivity contribution in [2.24, 2.45) is 5.73 Å². The standard InChI is InChI=1S/C18H19ClF3N5O3/c1-30-14-3-2-10(19)6-12(14)24-16(29)9-27-13-4-5-26(8-15(23)28)7-11(13)17(25-27)18(20,21)22/h2-3,6H,4-5,7-9H2,1H3,(H2,23,28)(H,24,29). The van der Waals surface area contributed by atoms with E-state index in [0.29, 0.717) is 28.7 Å². The zero-order chi connectivity index (χ0) is 22.1. The lowest BCUT2D eigenvalue weighted by Gasteiger charge is -2.26. The number of carbonyl (C=O) groups excluding carboxylic acids is 2. The maximum atomic E-state index is 13.5. The van der Waals surface area contributed by atoms with Gasteiger partial charge in [0.2, 0.25) is 11.8 Å². The van der Waals surface area contributed by atoms with Crippen LogP contribution in [0.25, 0.3) is 0 Å². The van der Waals surface area contributed by atoms with E-state index in [1.807, 2.05) is 0 Å². The molecule has 0 fully saturated rings. The molecule has 2 heterocycles. The van der Waals surface area contributed by atoms with Crippen LogP contribution < -0.4 is 15.8 Å². The lowest BCUT2D eigenvalue weighted by Crippen LogP contribution is -2.38. The Hall–Kier alpha value is -2.79. The number of nitrogens with zero attached hydrogens (tertiary/aromatic N) is 3. The van der Waals surface area contributed by atoms with Gasteiger partial charge >= 0.3 is 6.18 Å². The molecule has 0 saturated heterocycles. The first-order chi connectivity index (χ1) is 14.1. The summed E-state index contributed by atoms with van der Waals surface area (Å²) in [6.07, 6.45) is -4.50. The zero-order valence-corrected chi connectivity index (χ0v) is 16.7. The molecule has 3 N–H and O–H groups in total. The first-order valence-electron chi connectivity index (χ1n) is 8.88. The van der Waals surface area contributed by atoms with Crippen molar-refractivity contribution in [1.29, 1.82) is 0 Å². The van der Waals surface area contributed by atoms with Crippen molar-refractivity contribution in [3.63, 3.8) is 0 Å². The molecule has 0 aliphatic carbocycles. The number of amides is 2. The van der Waals surface area contributed by atoms with E-state index in [1.165, 1.54) is 18.1 Å². The van der Waals surface area contributed by atoms with Gasteiger partial charge in [-0.1, -0.05) is 11.6 Å². The molecule has 1 aromatic carbocycles. The Morgan fingerprint density at radius 3 is 2.70 bits per heavy atom. The number of hydrogen-bond acceptors (Lipinski definition) is 5. The lowest BCUT2D eigenvalue weighted by atomic mass is 10.0. The molecule has 12 heteroatoms. The minimum absolute atomic E-state index is 0.0527. The second kappa shape index (κ2) is 8.52. The van der Waals surface area contributed by atoms with E-state index in [-0.39, 0.29) is 25.1 Å². The fraction of sp³-hybridized carbons (Fsp3) is 0.389.